The second kappa shape index (κ2) is 9.75. The Labute approximate surface area is 196 Å². The Morgan fingerprint density at radius 2 is 1.70 bits per heavy atom. The molecule has 1 amide bonds. The predicted octanol–water partition coefficient (Wildman–Crippen LogP) is 4.05. The minimum Gasteiger partial charge on any atom is -0.507 e. The molecule has 2 atom stereocenters. The highest BCUT2D eigenvalue weighted by molar-refractivity contribution is 5.92. The van der Waals surface area contributed by atoms with Crippen molar-refractivity contribution in [3.05, 3.63) is 29.3 Å². The van der Waals surface area contributed by atoms with Crippen LogP contribution in [0.3, 0.4) is 0 Å². The average molecular weight is 457 g/mol. The SMILES string of the molecule is CC(=O)O[C@@H]1[C@@H](N2CCCCC2)c2c(ccc(/C=C/C(=O)N3CCCCC3)c2O)OC1(C)C. The minimum atomic E-state index is -0.755. The molecule has 1 N–H and O–H groups in total. The Hall–Kier alpha value is -2.54. The van der Waals surface area contributed by atoms with Crippen molar-refractivity contribution in [2.75, 3.05) is 26.2 Å². The van der Waals surface area contributed by atoms with Crippen molar-refractivity contribution in [2.24, 2.45) is 0 Å². The molecule has 3 aliphatic heterocycles. The quantitative estimate of drug-likeness (QED) is 0.544. The number of ether oxygens (including phenoxy) is 2. The van der Waals surface area contributed by atoms with Gasteiger partial charge in [0, 0.05) is 31.7 Å². The number of esters is 1. The van der Waals surface area contributed by atoms with E-state index >= 15 is 0 Å². The highest BCUT2D eigenvalue weighted by Gasteiger charge is 2.50. The Bertz CT molecular complexity index is 914. The first-order valence-corrected chi connectivity index (χ1v) is 12.2. The maximum absolute atomic E-state index is 12.6. The zero-order chi connectivity index (χ0) is 23.6. The Morgan fingerprint density at radius 3 is 2.33 bits per heavy atom. The molecule has 0 aliphatic carbocycles. The van der Waals surface area contributed by atoms with E-state index in [1.54, 1.807) is 18.2 Å². The highest BCUT2D eigenvalue weighted by Crippen LogP contribution is 2.49. The van der Waals surface area contributed by atoms with E-state index in [0.717, 1.165) is 58.3 Å². The van der Waals surface area contributed by atoms with Crippen LogP contribution in [0.25, 0.3) is 6.08 Å². The Morgan fingerprint density at radius 1 is 1.06 bits per heavy atom. The van der Waals surface area contributed by atoms with Crippen molar-refractivity contribution in [1.82, 2.24) is 9.80 Å². The highest BCUT2D eigenvalue weighted by atomic mass is 16.6. The second-order valence-electron chi connectivity index (χ2n) is 9.91. The third-order valence-electron chi connectivity index (χ3n) is 7.00. The van der Waals surface area contributed by atoms with Gasteiger partial charge in [-0.2, -0.15) is 0 Å². The summed E-state index contributed by atoms with van der Waals surface area (Å²) in [6, 6.07) is 3.31. The molecule has 2 saturated heterocycles. The molecule has 0 bridgehead atoms. The van der Waals surface area contributed by atoms with Gasteiger partial charge in [0.05, 0.1) is 11.6 Å². The maximum Gasteiger partial charge on any atom is 0.303 e. The summed E-state index contributed by atoms with van der Waals surface area (Å²) >= 11 is 0. The predicted molar refractivity (Wildman–Crippen MR) is 126 cm³/mol. The summed E-state index contributed by atoms with van der Waals surface area (Å²) < 4.78 is 12.1. The first-order chi connectivity index (χ1) is 15.8. The summed E-state index contributed by atoms with van der Waals surface area (Å²) in [4.78, 5) is 28.8. The molecular weight excluding hydrogens is 420 g/mol. The van der Waals surface area contributed by atoms with Gasteiger partial charge in [0.2, 0.25) is 5.91 Å². The monoisotopic (exact) mass is 456 g/mol. The lowest BCUT2D eigenvalue weighted by Gasteiger charge is -2.48. The normalized spacial score (nSPS) is 25.4. The van der Waals surface area contributed by atoms with Crippen LogP contribution >= 0.6 is 0 Å². The third-order valence-corrected chi connectivity index (χ3v) is 7.00. The molecular formula is C26H36N2O5. The number of nitrogens with zero attached hydrogens (tertiary/aromatic N) is 2. The molecule has 7 nitrogen and oxygen atoms in total. The van der Waals surface area contributed by atoms with E-state index in [2.05, 4.69) is 4.90 Å². The van der Waals surface area contributed by atoms with E-state index in [1.165, 1.54) is 13.3 Å². The zero-order valence-electron chi connectivity index (χ0n) is 20.0. The number of aromatic hydroxyl groups is 1. The van der Waals surface area contributed by atoms with E-state index in [1.807, 2.05) is 24.8 Å². The number of benzene rings is 1. The van der Waals surface area contributed by atoms with E-state index in [4.69, 9.17) is 9.47 Å². The van der Waals surface area contributed by atoms with Gasteiger partial charge in [0.1, 0.15) is 17.1 Å². The maximum atomic E-state index is 12.6. The van der Waals surface area contributed by atoms with Gasteiger partial charge in [-0.25, -0.2) is 0 Å². The molecule has 180 valence electrons. The number of likely N-dealkylation sites (tertiary alicyclic amines) is 2. The lowest BCUT2D eigenvalue weighted by atomic mass is 9.83. The molecule has 2 fully saturated rings. The van der Waals surface area contributed by atoms with Crippen molar-refractivity contribution >= 4 is 18.0 Å². The van der Waals surface area contributed by atoms with Crippen LogP contribution in [-0.2, 0) is 14.3 Å². The second-order valence-corrected chi connectivity index (χ2v) is 9.91. The summed E-state index contributed by atoms with van der Waals surface area (Å²) in [5.41, 5.74) is 0.440. The summed E-state index contributed by atoms with van der Waals surface area (Å²) in [6.45, 7) is 8.54. The molecule has 1 aromatic rings. The number of hydrogen-bond acceptors (Lipinski definition) is 6. The van der Waals surface area contributed by atoms with Gasteiger partial charge in [-0.15, -0.1) is 0 Å². The van der Waals surface area contributed by atoms with E-state index in [0.29, 0.717) is 16.9 Å². The van der Waals surface area contributed by atoms with Gasteiger partial charge in [-0.1, -0.05) is 6.42 Å². The zero-order valence-corrected chi connectivity index (χ0v) is 20.0. The third kappa shape index (κ3) is 5.03. The number of phenolic OH excluding ortho intramolecular Hbond substituents is 1. The van der Waals surface area contributed by atoms with Crippen molar-refractivity contribution in [2.45, 2.75) is 77.0 Å². The van der Waals surface area contributed by atoms with E-state index < -0.39 is 11.7 Å². The molecule has 33 heavy (non-hydrogen) atoms. The van der Waals surface area contributed by atoms with Crippen LogP contribution < -0.4 is 4.74 Å². The van der Waals surface area contributed by atoms with Crippen molar-refractivity contribution in [1.29, 1.82) is 0 Å². The topological polar surface area (TPSA) is 79.3 Å². The lowest BCUT2D eigenvalue weighted by molar-refractivity contribution is -0.170. The van der Waals surface area contributed by atoms with Gasteiger partial charge in [-0.3, -0.25) is 14.5 Å². The molecule has 4 rings (SSSR count). The van der Waals surface area contributed by atoms with Crippen LogP contribution in [0.5, 0.6) is 11.5 Å². The number of rotatable bonds is 4. The van der Waals surface area contributed by atoms with Gasteiger partial charge in [0.25, 0.3) is 0 Å². The fraction of sp³-hybridized carbons (Fsp3) is 0.615. The summed E-state index contributed by atoms with van der Waals surface area (Å²) in [5.74, 6) is 0.272. The first kappa shape index (κ1) is 23.6. The fourth-order valence-electron chi connectivity index (χ4n) is 5.33. The summed E-state index contributed by atoms with van der Waals surface area (Å²) in [5, 5.41) is 11.4. The standard InChI is InChI=1S/C26H36N2O5/c1-18(29)32-25-23(28-16-8-5-9-17-28)22-20(33-26(25,2)3)12-10-19(24(22)31)11-13-21(30)27-14-6-4-7-15-27/h10-13,23,25,31H,4-9,14-17H2,1-3H3/b13-11+/t23-,25+/m0/s1. The number of carbonyl (C=O) groups excluding carboxylic acids is 2. The molecule has 0 aromatic heterocycles. The van der Waals surface area contributed by atoms with Gasteiger partial charge in [0.15, 0.2) is 6.10 Å². The lowest BCUT2D eigenvalue weighted by Crippen LogP contribution is -2.56. The minimum absolute atomic E-state index is 0.0328. The molecule has 3 heterocycles. The van der Waals surface area contributed by atoms with Crippen LogP contribution in [0.2, 0.25) is 0 Å². The molecule has 7 heteroatoms. The molecule has 0 radical (unpaired) electrons. The Balaban J connectivity index is 1.70. The average Bonchev–Trinajstić information content (AvgIpc) is 2.80. The molecule has 3 aliphatic rings. The molecule has 0 unspecified atom stereocenters. The molecule has 0 saturated carbocycles. The van der Waals surface area contributed by atoms with E-state index in [-0.39, 0.29) is 23.7 Å². The van der Waals surface area contributed by atoms with E-state index in [9.17, 15) is 14.7 Å². The van der Waals surface area contributed by atoms with Crippen molar-refractivity contribution < 1.29 is 24.2 Å². The van der Waals surface area contributed by atoms with Crippen molar-refractivity contribution in [3.8, 4) is 11.5 Å². The number of phenols is 1. The number of amides is 1. The summed E-state index contributed by atoms with van der Waals surface area (Å²) in [6.07, 6.45) is 9.17. The van der Waals surface area contributed by atoms with Crippen LogP contribution in [0.4, 0.5) is 0 Å². The van der Waals surface area contributed by atoms with Crippen LogP contribution in [0.15, 0.2) is 18.2 Å². The van der Waals surface area contributed by atoms with Crippen LogP contribution in [0, 0.1) is 0 Å². The van der Waals surface area contributed by atoms with Gasteiger partial charge in [-0.05, 0) is 77.2 Å². The first-order valence-electron chi connectivity index (χ1n) is 12.2. The number of fused-ring (bicyclic) bond motifs is 1. The largest absolute Gasteiger partial charge is 0.507 e. The number of piperidine rings is 2. The Kier molecular flexibility index (Phi) is 6.98. The van der Waals surface area contributed by atoms with Crippen molar-refractivity contribution in [3.63, 3.8) is 0 Å². The smallest absolute Gasteiger partial charge is 0.303 e. The summed E-state index contributed by atoms with van der Waals surface area (Å²) in [7, 11) is 0. The number of carbonyl (C=O) groups is 2. The fourth-order valence-corrected chi connectivity index (χ4v) is 5.33. The molecule has 1 aromatic carbocycles. The van der Waals surface area contributed by atoms with Crippen LogP contribution in [0.1, 0.15) is 76.5 Å². The van der Waals surface area contributed by atoms with Gasteiger partial charge < -0.3 is 19.5 Å². The number of hydrogen-bond donors (Lipinski definition) is 1. The molecule has 0 spiro atoms. The van der Waals surface area contributed by atoms with Crippen LogP contribution in [-0.4, -0.2) is 64.7 Å². The van der Waals surface area contributed by atoms with Gasteiger partial charge >= 0.3 is 5.97 Å².